The highest BCUT2D eigenvalue weighted by Gasteiger charge is 2.23. The molecule has 1 N–H and O–H groups in total. The van der Waals surface area contributed by atoms with Gasteiger partial charge in [-0.25, -0.2) is 0 Å². The van der Waals surface area contributed by atoms with E-state index in [1.54, 1.807) is 0 Å². The molecule has 0 aromatic carbocycles. The predicted molar refractivity (Wildman–Crippen MR) is 72.6 cm³/mol. The number of rotatable bonds is 4. The van der Waals surface area contributed by atoms with Crippen LogP contribution in [0.3, 0.4) is 0 Å². The predicted octanol–water partition coefficient (Wildman–Crippen LogP) is 2.57. The zero-order valence-corrected chi connectivity index (χ0v) is 11.5. The van der Waals surface area contributed by atoms with Gasteiger partial charge in [-0.15, -0.1) is 0 Å². The highest BCUT2D eigenvalue weighted by atomic mass is 32.2. The van der Waals surface area contributed by atoms with Gasteiger partial charge in [0.15, 0.2) is 5.82 Å². The van der Waals surface area contributed by atoms with Gasteiger partial charge in [0, 0.05) is 6.42 Å². The van der Waals surface area contributed by atoms with Gasteiger partial charge in [0.25, 0.3) is 0 Å². The van der Waals surface area contributed by atoms with Gasteiger partial charge in [-0.3, -0.25) is 0 Å². The van der Waals surface area contributed by atoms with E-state index in [9.17, 15) is 0 Å². The summed E-state index contributed by atoms with van der Waals surface area (Å²) in [4.78, 5) is 4.56. The molecule has 2 saturated heterocycles. The SMILES string of the molecule is C1CNCC(CCc2nc(C3CCCS3)no2)C1. The molecule has 4 nitrogen and oxygen atoms in total. The fourth-order valence-electron chi connectivity index (χ4n) is 2.78. The first-order valence-electron chi connectivity index (χ1n) is 7.06. The molecule has 0 spiro atoms. The maximum Gasteiger partial charge on any atom is 0.226 e. The second-order valence-electron chi connectivity index (χ2n) is 5.30. The van der Waals surface area contributed by atoms with E-state index >= 15 is 0 Å². The average molecular weight is 267 g/mol. The normalized spacial score (nSPS) is 28.7. The molecular formula is C13H21N3OS. The Morgan fingerprint density at radius 2 is 2.33 bits per heavy atom. The number of thioether (sulfide) groups is 1. The van der Waals surface area contributed by atoms with E-state index in [1.807, 2.05) is 11.8 Å². The molecule has 0 aliphatic carbocycles. The van der Waals surface area contributed by atoms with E-state index in [1.165, 1.54) is 44.4 Å². The van der Waals surface area contributed by atoms with Crippen molar-refractivity contribution in [3.63, 3.8) is 0 Å². The van der Waals surface area contributed by atoms with Crippen LogP contribution in [0.4, 0.5) is 0 Å². The third-order valence-electron chi connectivity index (χ3n) is 3.87. The number of aromatic nitrogens is 2. The van der Waals surface area contributed by atoms with Gasteiger partial charge in [0.05, 0.1) is 5.25 Å². The Bertz CT molecular complexity index is 370. The van der Waals surface area contributed by atoms with E-state index < -0.39 is 0 Å². The summed E-state index contributed by atoms with van der Waals surface area (Å²) in [6, 6.07) is 0. The number of piperidine rings is 1. The number of hydrogen-bond acceptors (Lipinski definition) is 5. The van der Waals surface area contributed by atoms with Gasteiger partial charge in [-0.2, -0.15) is 16.7 Å². The second-order valence-corrected chi connectivity index (χ2v) is 6.61. The fourth-order valence-corrected chi connectivity index (χ4v) is 3.98. The third-order valence-corrected chi connectivity index (χ3v) is 5.24. The first-order valence-corrected chi connectivity index (χ1v) is 8.11. The molecule has 2 aliphatic heterocycles. The molecule has 2 fully saturated rings. The van der Waals surface area contributed by atoms with Gasteiger partial charge < -0.3 is 9.84 Å². The Morgan fingerprint density at radius 1 is 1.33 bits per heavy atom. The van der Waals surface area contributed by atoms with E-state index in [0.717, 1.165) is 30.6 Å². The molecule has 3 heterocycles. The molecule has 2 unspecified atom stereocenters. The van der Waals surface area contributed by atoms with Gasteiger partial charge in [0.1, 0.15) is 0 Å². The summed E-state index contributed by atoms with van der Waals surface area (Å²) in [5.74, 6) is 3.79. The van der Waals surface area contributed by atoms with Crippen LogP contribution in [0.1, 0.15) is 49.1 Å². The summed E-state index contributed by atoms with van der Waals surface area (Å²) in [6.07, 6.45) is 7.25. The summed E-state index contributed by atoms with van der Waals surface area (Å²) >= 11 is 1.96. The first-order chi connectivity index (χ1) is 8.92. The van der Waals surface area contributed by atoms with Crippen LogP contribution < -0.4 is 5.32 Å². The molecule has 1 aromatic heterocycles. The van der Waals surface area contributed by atoms with Gasteiger partial charge in [-0.1, -0.05) is 5.16 Å². The van der Waals surface area contributed by atoms with E-state index in [-0.39, 0.29) is 0 Å². The Morgan fingerprint density at radius 3 is 3.11 bits per heavy atom. The highest BCUT2D eigenvalue weighted by molar-refractivity contribution is 7.99. The largest absolute Gasteiger partial charge is 0.339 e. The van der Waals surface area contributed by atoms with Gasteiger partial charge in [-0.05, 0) is 56.9 Å². The van der Waals surface area contributed by atoms with Crippen molar-refractivity contribution in [3.05, 3.63) is 11.7 Å². The summed E-state index contributed by atoms with van der Waals surface area (Å²) in [7, 11) is 0. The van der Waals surface area contributed by atoms with Crippen molar-refractivity contribution in [2.24, 2.45) is 5.92 Å². The lowest BCUT2D eigenvalue weighted by atomic mass is 9.95. The number of nitrogens with one attached hydrogen (secondary N) is 1. The second kappa shape index (κ2) is 6.06. The molecular weight excluding hydrogens is 246 g/mol. The smallest absolute Gasteiger partial charge is 0.226 e. The molecule has 2 aliphatic rings. The summed E-state index contributed by atoms with van der Waals surface area (Å²) in [5.41, 5.74) is 0. The van der Waals surface area contributed by atoms with Crippen LogP contribution in [0.15, 0.2) is 4.52 Å². The standard InChI is InChI=1S/C13H21N3OS/c1-3-10(9-14-7-1)5-6-12-15-13(16-17-12)11-4-2-8-18-11/h10-11,14H,1-9H2. The molecule has 3 rings (SSSR count). The minimum absolute atomic E-state index is 0.485. The maximum atomic E-state index is 5.37. The molecule has 100 valence electrons. The number of nitrogens with zero attached hydrogens (tertiary/aromatic N) is 2. The summed E-state index contributed by atoms with van der Waals surface area (Å²) in [6.45, 7) is 2.33. The lowest BCUT2D eigenvalue weighted by Crippen LogP contribution is -2.29. The van der Waals surface area contributed by atoms with Crippen LogP contribution in [0, 0.1) is 5.92 Å². The lowest BCUT2D eigenvalue weighted by molar-refractivity contribution is 0.325. The van der Waals surface area contributed by atoms with Gasteiger partial charge in [0.2, 0.25) is 5.89 Å². The molecule has 18 heavy (non-hydrogen) atoms. The van der Waals surface area contributed by atoms with Crippen molar-refractivity contribution in [2.45, 2.75) is 43.8 Å². The molecule has 0 saturated carbocycles. The van der Waals surface area contributed by atoms with Crippen molar-refractivity contribution < 1.29 is 4.52 Å². The minimum Gasteiger partial charge on any atom is -0.339 e. The molecule has 5 heteroatoms. The van der Waals surface area contributed by atoms with Crippen molar-refractivity contribution in [1.82, 2.24) is 15.5 Å². The first kappa shape index (κ1) is 12.5. The van der Waals surface area contributed by atoms with Crippen molar-refractivity contribution in [2.75, 3.05) is 18.8 Å². The third kappa shape index (κ3) is 3.06. The fraction of sp³-hybridized carbons (Fsp3) is 0.846. The van der Waals surface area contributed by atoms with E-state index in [0.29, 0.717) is 5.25 Å². The average Bonchev–Trinajstić information content (AvgIpc) is 3.08. The zero-order chi connectivity index (χ0) is 12.2. The number of hydrogen-bond donors (Lipinski definition) is 1. The van der Waals surface area contributed by atoms with Crippen LogP contribution in [-0.2, 0) is 6.42 Å². The van der Waals surface area contributed by atoms with Crippen LogP contribution in [0.2, 0.25) is 0 Å². The minimum atomic E-state index is 0.485. The monoisotopic (exact) mass is 267 g/mol. The molecule has 0 radical (unpaired) electrons. The van der Waals surface area contributed by atoms with Crippen molar-refractivity contribution >= 4 is 11.8 Å². The van der Waals surface area contributed by atoms with E-state index in [2.05, 4.69) is 15.5 Å². The Labute approximate surface area is 112 Å². The Hall–Kier alpha value is -0.550. The lowest BCUT2D eigenvalue weighted by Gasteiger charge is -2.21. The molecule has 0 amide bonds. The maximum absolute atomic E-state index is 5.37. The van der Waals surface area contributed by atoms with Gasteiger partial charge >= 0.3 is 0 Å². The Balaban J connectivity index is 1.50. The summed E-state index contributed by atoms with van der Waals surface area (Å²) < 4.78 is 5.37. The zero-order valence-electron chi connectivity index (χ0n) is 10.7. The van der Waals surface area contributed by atoms with Crippen LogP contribution in [-0.4, -0.2) is 29.0 Å². The quantitative estimate of drug-likeness (QED) is 0.908. The molecule has 2 atom stereocenters. The molecule has 0 bridgehead atoms. The van der Waals surface area contributed by atoms with Crippen molar-refractivity contribution in [1.29, 1.82) is 0 Å². The van der Waals surface area contributed by atoms with E-state index in [4.69, 9.17) is 4.52 Å². The van der Waals surface area contributed by atoms with Crippen LogP contribution >= 0.6 is 11.8 Å². The van der Waals surface area contributed by atoms with Crippen LogP contribution in [0.5, 0.6) is 0 Å². The number of aryl methyl sites for hydroxylation is 1. The summed E-state index contributed by atoms with van der Waals surface area (Å²) in [5, 5.41) is 8.08. The highest BCUT2D eigenvalue weighted by Crippen LogP contribution is 2.38. The van der Waals surface area contributed by atoms with Crippen LogP contribution in [0.25, 0.3) is 0 Å². The topological polar surface area (TPSA) is 51.0 Å². The van der Waals surface area contributed by atoms with Crippen molar-refractivity contribution in [3.8, 4) is 0 Å². The Kier molecular flexibility index (Phi) is 4.20. The molecule has 1 aromatic rings.